The van der Waals surface area contributed by atoms with E-state index in [1.54, 1.807) is 11.3 Å². The third-order valence-electron chi connectivity index (χ3n) is 15.1. The van der Waals surface area contributed by atoms with Crippen LogP contribution in [-0.2, 0) is 20.9 Å². The average molecular weight is 1010 g/mol. The van der Waals surface area contributed by atoms with E-state index in [-0.39, 0.29) is 49.0 Å². The minimum Gasteiger partial charge on any atom is -0.391 e. The Morgan fingerprint density at radius 2 is 1.66 bits per heavy atom. The number of carbonyl (C=O) groups excluding carboxylic acids is 3. The fourth-order valence-electron chi connectivity index (χ4n) is 11.0. The van der Waals surface area contributed by atoms with Crippen molar-refractivity contribution in [2.45, 2.75) is 111 Å². The molecule has 9 rings (SSSR count). The molecule has 1 spiro atoms. The van der Waals surface area contributed by atoms with Gasteiger partial charge in [0, 0.05) is 82.2 Å². The number of aryl methyl sites for hydroxylation is 3. The number of unbranched alkanes of at least 4 members (excludes halogenated alkanes) is 2. The number of likely N-dealkylation sites (tertiary alicyclic amines) is 1. The first-order valence-electron chi connectivity index (χ1n) is 25.3. The van der Waals surface area contributed by atoms with Gasteiger partial charge in [-0.2, -0.15) is 0 Å². The average Bonchev–Trinajstić information content (AvgIpc) is 4.02. The molecule has 2 aromatic heterocycles. The van der Waals surface area contributed by atoms with Crippen LogP contribution in [0, 0.1) is 37.4 Å². The second kappa shape index (κ2) is 20.8. The number of halogens is 2. The van der Waals surface area contributed by atoms with Crippen molar-refractivity contribution in [3.63, 3.8) is 0 Å². The first-order chi connectivity index (χ1) is 33.9. The quantitative estimate of drug-likeness (QED) is 0.0738. The van der Waals surface area contributed by atoms with E-state index in [1.807, 2.05) is 103 Å². The first kappa shape index (κ1) is 50.8. The number of aliphatic hydroxyl groups excluding tert-OH is 1. The summed E-state index contributed by atoms with van der Waals surface area (Å²) in [5.41, 5.74) is 9.72. The van der Waals surface area contributed by atoms with E-state index in [4.69, 9.17) is 16.6 Å². The predicted octanol–water partition coefficient (Wildman–Crippen LogP) is 7.39. The van der Waals surface area contributed by atoms with Gasteiger partial charge in [0.05, 0.1) is 46.0 Å². The minimum atomic E-state index is -0.871. The number of piperazine rings is 1. The zero-order chi connectivity index (χ0) is 50.4. The summed E-state index contributed by atoms with van der Waals surface area (Å²) in [6, 6.07) is 13.9. The number of benzene rings is 3. The van der Waals surface area contributed by atoms with E-state index >= 15 is 0 Å². The summed E-state index contributed by atoms with van der Waals surface area (Å²) < 4.78 is 16.9. The number of fused-ring (bicyclic) bond motifs is 1. The summed E-state index contributed by atoms with van der Waals surface area (Å²) in [5, 5.41) is 20.9. The number of aromatic nitrogens is 3. The molecule has 5 aromatic rings. The summed E-state index contributed by atoms with van der Waals surface area (Å²) in [7, 11) is 0. The smallest absolute Gasteiger partial charge is 0.246 e. The van der Waals surface area contributed by atoms with Gasteiger partial charge in [0.15, 0.2) is 0 Å². The molecule has 6 heterocycles. The van der Waals surface area contributed by atoms with E-state index in [0.29, 0.717) is 34.5 Å². The fraction of sp³-hybridized carbons (Fsp3) is 0.537. The van der Waals surface area contributed by atoms with Gasteiger partial charge in [-0.1, -0.05) is 75.2 Å². The van der Waals surface area contributed by atoms with Crippen LogP contribution >= 0.6 is 22.9 Å². The number of β-amino-alcohol motifs (C(OH)–C–C–N with tert-alkyl or cyclic N) is 1. The van der Waals surface area contributed by atoms with Gasteiger partial charge in [-0.25, -0.2) is 14.4 Å². The highest BCUT2D eigenvalue weighted by atomic mass is 35.5. The van der Waals surface area contributed by atoms with Crippen molar-refractivity contribution in [1.29, 1.82) is 0 Å². The monoisotopic (exact) mass is 1010 g/mol. The van der Waals surface area contributed by atoms with Crippen molar-refractivity contribution in [3.05, 3.63) is 92.8 Å². The van der Waals surface area contributed by atoms with Gasteiger partial charge >= 0.3 is 0 Å². The second-order valence-corrected chi connectivity index (χ2v) is 23.1. The van der Waals surface area contributed by atoms with E-state index in [2.05, 4.69) is 40.2 Å². The van der Waals surface area contributed by atoms with Crippen LogP contribution in [0.5, 0.6) is 0 Å². The first-order valence-corrected chi connectivity index (χ1v) is 26.6. The highest BCUT2D eigenvalue weighted by Crippen LogP contribution is 2.41. The summed E-state index contributed by atoms with van der Waals surface area (Å²) in [6.45, 7) is 22.1. The van der Waals surface area contributed by atoms with Gasteiger partial charge in [0.1, 0.15) is 23.4 Å². The molecular formula is C54H70ClFN10O4S. The third kappa shape index (κ3) is 11.0. The third-order valence-corrected chi connectivity index (χ3v) is 16.3. The van der Waals surface area contributed by atoms with Crippen molar-refractivity contribution >= 4 is 63.3 Å². The molecule has 4 atom stereocenters. The molecule has 4 fully saturated rings. The molecule has 4 aliphatic rings. The van der Waals surface area contributed by atoms with E-state index in [1.165, 1.54) is 4.90 Å². The molecule has 0 saturated carbocycles. The van der Waals surface area contributed by atoms with E-state index in [9.17, 15) is 23.9 Å². The number of carbonyl (C=O) groups is 3. The maximum absolute atomic E-state index is 14.7. The zero-order valence-electron chi connectivity index (χ0n) is 42.3. The standard InChI is InChI=1S/C54H70ClFN10O4S/c1-33-21-37(22-34(2)46(33)56)26-66-43-24-40(55)23-42(47(43)61-52(66)64-30-54(31-64)28-57-29-54)63-19-17-62(18-20-63)16-10-8-9-11-45(68)60-49(53(5,6)7)51(70)65-27-41(67)25-44(65)50(69)59-35(3)38-12-14-39(15-13-38)48-36(4)58-32-71-48/h12-15,21-24,32,35,41,44,49,57,67H,8-11,16-20,25-31H2,1-7H3,(H,59,69)(H,60,68). The number of thiazole rings is 1. The maximum atomic E-state index is 14.7. The summed E-state index contributed by atoms with van der Waals surface area (Å²) in [5.74, 6) is -0.129. The van der Waals surface area contributed by atoms with Crippen molar-refractivity contribution in [2.75, 3.05) is 75.2 Å². The van der Waals surface area contributed by atoms with Gasteiger partial charge in [0.25, 0.3) is 0 Å². The highest BCUT2D eigenvalue weighted by Gasteiger charge is 2.49. The Balaban J connectivity index is 0.759. The lowest BCUT2D eigenvalue weighted by Gasteiger charge is -2.56. The molecular weight excluding hydrogens is 939 g/mol. The molecule has 4 aliphatic heterocycles. The SMILES string of the molecule is Cc1cc(Cn2c(N3CC4(CNC4)C3)nc3c(N4CCN(CCCCCC(=O)NC(C(=O)N5CC(O)CC5C(=O)NC(C)c5ccc(-c6scnc6C)cc5)C(C)(C)C)CC4)cc(Cl)cc32)cc(C)c1F. The minimum absolute atomic E-state index is 0.0234. The van der Waals surface area contributed by atoms with E-state index in [0.717, 1.165) is 122 Å². The van der Waals surface area contributed by atoms with Crippen molar-refractivity contribution in [3.8, 4) is 10.4 Å². The van der Waals surface area contributed by atoms with Crippen LogP contribution in [0.2, 0.25) is 5.02 Å². The van der Waals surface area contributed by atoms with Crippen molar-refractivity contribution < 1.29 is 23.9 Å². The number of amides is 3. The fourth-order valence-corrected chi connectivity index (χ4v) is 12.0. The van der Waals surface area contributed by atoms with E-state index < -0.39 is 23.6 Å². The highest BCUT2D eigenvalue weighted by molar-refractivity contribution is 7.13. The van der Waals surface area contributed by atoms with Gasteiger partial charge in [-0.3, -0.25) is 19.3 Å². The molecule has 4 unspecified atom stereocenters. The van der Waals surface area contributed by atoms with Crippen LogP contribution < -0.4 is 25.8 Å². The molecule has 0 aliphatic carbocycles. The number of nitrogens with zero attached hydrogens (tertiary/aromatic N) is 7. The topological polar surface area (TPSA) is 151 Å². The molecule has 3 amide bonds. The maximum Gasteiger partial charge on any atom is 0.246 e. The number of aliphatic hydroxyl groups is 1. The number of anilines is 2. The molecule has 380 valence electrons. The van der Waals surface area contributed by atoms with Gasteiger partial charge in [0.2, 0.25) is 23.7 Å². The lowest BCUT2D eigenvalue weighted by atomic mass is 9.75. The Labute approximate surface area is 426 Å². The Kier molecular flexibility index (Phi) is 14.9. The van der Waals surface area contributed by atoms with Crippen LogP contribution in [0.25, 0.3) is 21.5 Å². The number of hydrogen-bond acceptors (Lipinski definition) is 11. The Hall–Kier alpha value is -5.13. The van der Waals surface area contributed by atoms with Crippen LogP contribution in [0.3, 0.4) is 0 Å². The summed E-state index contributed by atoms with van der Waals surface area (Å²) >= 11 is 8.48. The molecule has 0 radical (unpaired) electrons. The normalized spacial score (nSPS) is 20.0. The second-order valence-electron chi connectivity index (χ2n) is 21.8. The zero-order valence-corrected chi connectivity index (χ0v) is 43.9. The Bertz CT molecular complexity index is 2730. The molecule has 17 heteroatoms. The molecule has 4 N–H and O–H groups in total. The number of imidazole rings is 1. The molecule has 71 heavy (non-hydrogen) atoms. The molecule has 0 bridgehead atoms. The van der Waals surface area contributed by atoms with Crippen molar-refractivity contribution in [2.24, 2.45) is 10.8 Å². The number of nitrogens with one attached hydrogen (secondary N) is 3. The van der Waals surface area contributed by atoms with Crippen LogP contribution in [0.15, 0.2) is 54.0 Å². The lowest BCUT2D eigenvalue weighted by molar-refractivity contribution is -0.144. The van der Waals surface area contributed by atoms with Crippen LogP contribution in [0.1, 0.15) is 93.8 Å². The number of rotatable bonds is 16. The largest absolute Gasteiger partial charge is 0.391 e. The van der Waals surface area contributed by atoms with Crippen LogP contribution in [0.4, 0.5) is 16.0 Å². The summed E-state index contributed by atoms with van der Waals surface area (Å²) in [4.78, 5) is 60.9. The van der Waals surface area contributed by atoms with Gasteiger partial charge < -0.3 is 40.3 Å². The molecule has 4 saturated heterocycles. The van der Waals surface area contributed by atoms with Gasteiger partial charge in [-0.15, -0.1) is 11.3 Å². The summed E-state index contributed by atoms with van der Waals surface area (Å²) in [6.07, 6.45) is 2.05. The van der Waals surface area contributed by atoms with Crippen LogP contribution in [-0.4, -0.2) is 131 Å². The Morgan fingerprint density at radius 3 is 2.30 bits per heavy atom. The Morgan fingerprint density at radius 1 is 0.958 bits per heavy atom. The molecule has 3 aromatic carbocycles. The molecule has 14 nitrogen and oxygen atoms in total. The number of hydrogen-bond donors (Lipinski definition) is 4. The van der Waals surface area contributed by atoms with Gasteiger partial charge in [-0.05, 0) is 92.4 Å². The lowest BCUT2D eigenvalue weighted by Crippen LogP contribution is -2.71. The van der Waals surface area contributed by atoms with Crippen molar-refractivity contribution in [1.82, 2.24) is 40.3 Å². The predicted molar refractivity (Wildman–Crippen MR) is 281 cm³/mol.